The molecule has 21 heavy (non-hydrogen) atoms. The third-order valence-electron chi connectivity index (χ3n) is 3.61. The summed E-state index contributed by atoms with van der Waals surface area (Å²) in [6, 6.07) is 3.70. The fourth-order valence-electron chi connectivity index (χ4n) is 2.50. The normalized spacial score (nSPS) is 21.6. The summed E-state index contributed by atoms with van der Waals surface area (Å²) in [5.74, 6) is -0.812. The summed E-state index contributed by atoms with van der Waals surface area (Å²) in [5.41, 5.74) is 0.383. The van der Waals surface area contributed by atoms with Crippen LogP contribution in [0.15, 0.2) is 18.2 Å². The summed E-state index contributed by atoms with van der Waals surface area (Å²) < 4.78 is 12.9. The largest absolute Gasteiger partial charge is 0.465 e. The standard InChI is InChI=1S/C14H16ClFN2O3/c15-11-7-9(16)3-6-12(11)18-13(19)8-1-4-10(5-2-8)17-14(20)21/h3,6-8,10,17H,1-2,4-5H2,(H,18,19)(H,20,21)/t8-,10-. The summed E-state index contributed by atoms with van der Waals surface area (Å²) in [4.78, 5) is 22.7. The number of nitrogens with one attached hydrogen (secondary N) is 2. The van der Waals surface area contributed by atoms with Gasteiger partial charge in [-0.2, -0.15) is 0 Å². The highest BCUT2D eigenvalue weighted by molar-refractivity contribution is 6.33. The van der Waals surface area contributed by atoms with Crippen molar-refractivity contribution in [2.24, 2.45) is 5.92 Å². The van der Waals surface area contributed by atoms with Crippen molar-refractivity contribution in [3.8, 4) is 0 Å². The highest BCUT2D eigenvalue weighted by Gasteiger charge is 2.27. The molecule has 1 fully saturated rings. The monoisotopic (exact) mass is 314 g/mol. The highest BCUT2D eigenvalue weighted by atomic mass is 35.5. The molecular formula is C14H16ClFN2O3. The first kappa shape index (κ1) is 15.6. The zero-order valence-electron chi connectivity index (χ0n) is 11.2. The van der Waals surface area contributed by atoms with Gasteiger partial charge >= 0.3 is 6.09 Å². The van der Waals surface area contributed by atoms with Gasteiger partial charge in [0.1, 0.15) is 5.82 Å². The van der Waals surface area contributed by atoms with Gasteiger partial charge in [-0.3, -0.25) is 4.79 Å². The Hall–Kier alpha value is -1.82. The Morgan fingerprint density at radius 1 is 1.24 bits per heavy atom. The molecular weight excluding hydrogens is 299 g/mol. The van der Waals surface area contributed by atoms with Crippen LogP contribution in [0.1, 0.15) is 25.7 Å². The minimum atomic E-state index is -1.04. The molecule has 0 spiro atoms. The lowest BCUT2D eigenvalue weighted by Crippen LogP contribution is -2.38. The molecule has 2 rings (SSSR count). The SMILES string of the molecule is O=C(O)N[C@H]1CC[C@H](C(=O)Nc2ccc(F)cc2Cl)CC1. The Bertz CT molecular complexity index is 545. The zero-order chi connectivity index (χ0) is 15.4. The van der Waals surface area contributed by atoms with E-state index in [1.165, 1.54) is 12.1 Å². The van der Waals surface area contributed by atoms with Gasteiger partial charge in [0.2, 0.25) is 5.91 Å². The van der Waals surface area contributed by atoms with Crippen molar-refractivity contribution in [1.29, 1.82) is 0 Å². The Morgan fingerprint density at radius 2 is 1.90 bits per heavy atom. The van der Waals surface area contributed by atoms with Crippen LogP contribution in [0, 0.1) is 11.7 Å². The maximum Gasteiger partial charge on any atom is 0.404 e. The minimum Gasteiger partial charge on any atom is -0.465 e. The second-order valence-electron chi connectivity index (χ2n) is 5.11. The Kier molecular flexibility index (Phi) is 5.01. The van der Waals surface area contributed by atoms with Crippen LogP contribution in [-0.4, -0.2) is 23.1 Å². The predicted octanol–water partition coefficient (Wildman–Crippen LogP) is 3.24. The van der Waals surface area contributed by atoms with Crippen LogP contribution in [0.5, 0.6) is 0 Å². The van der Waals surface area contributed by atoms with Gasteiger partial charge in [0.05, 0.1) is 10.7 Å². The van der Waals surface area contributed by atoms with E-state index in [0.29, 0.717) is 31.4 Å². The first-order chi connectivity index (χ1) is 9.95. The lowest BCUT2D eigenvalue weighted by atomic mass is 9.85. The van der Waals surface area contributed by atoms with Crippen LogP contribution in [0.4, 0.5) is 14.9 Å². The van der Waals surface area contributed by atoms with Crippen molar-refractivity contribution >= 4 is 29.3 Å². The number of amides is 2. The summed E-state index contributed by atoms with van der Waals surface area (Å²) in [7, 11) is 0. The van der Waals surface area contributed by atoms with Gasteiger partial charge in [0.25, 0.3) is 0 Å². The summed E-state index contributed by atoms with van der Waals surface area (Å²) in [6.07, 6.45) is 1.43. The van der Waals surface area contributed by atoms with E-state index < -0.39 is 11.9 Å². The van der Waals surface area contributed by atoms with Crippen molar-refractivity contribution < 1.29 is 19.1 Å². The topological polar surface area (TPSA) is 78.4 Å². The molecule has 114 valence electrons. The number of rotatable bonds is 3. The summed E-state index contributed by atoms with van der Waals surface area (Å²) in [6.45, 7) is 0. The summed E-state index contributed by atoms with van der Waals surface area (Å²) >= 11 is 5.86. The molecule has 7 heteroatoms. The van der Waals surface area contributed by atoms with Gasteiger partial charge in [0.15, 0.2) is 0 Å². The van der Waals surface area contributed by atoms with E-state index in [0.717, 1.165) is 6.07 Å². The molecule has 2 amide bonds. The minimum absolute atomic E-state index is 0.0963. The van der Waals surface area contributed by atoms with Gasteiger partial charge in [-0.15, -0.1) is 0 Å². The van der Waals surface area contributed by atoms with E-state index in [1.54, 1.807) is 0 Å². The van der Waals surface area contributed by atoms with Crippen LogP contribution in [0.3, 0.4) is 0 Å². The van der Waals surface area contributed by atoms with Crippen LogP contribution in [0.2, 0.25) is 5.02 Å². The molecule has 0 aromatic heterocycles. The second kappa shape index (κ2) is 6.76. The fourth-order valence-corrected chi connectivity index (χ4v) is 2.71. The molecule has 0 radical (unpaired) electrons. The molecule has 5 nitrogen and oxygen atoms in total. The molecule has 0 saturated heterocycles. The zero-order valence-corrected chi connectivity index (χ0v) is 12.0. The van der Waals surface area contributed by atoms with E-state index in [-0.39, 0.29) is 22.9 Å². The Morgan fingerprint density at radius 3 is 2.48 bits per heavy atom. The lowest BCUT2D eigenvalue weighted by molar-refractivity contribution is -0.120. The molecule has 1 aliphatic carbocycles. The van der Waals surface area contributed by atoms with Crippen molar-refractivity contribution in [3.05, 3.63) is 29.0 Å². The van der Waals surface area contributed by atoms with Gasteiger partial charge in [-0.1, -0.05) is 11.6 Å². The third kappa shape index (κ3) is 4.32. The van der Waals surface area contributed by atoms with E-state index in [1.807, 2.05) is 0 Å². The quantitative estimate of drug-likeness (QED) is 0.801. The highest BCUT2D eigenvalue weighted by Crippen LogP contribution is 2.28. The molecule has 0 aliphatic heterocycles. The number of halogens is 2. The lowest BCUT2D eigenvalue weighted by Gasteiger charge is -2.27. The first-order valence-corrected chi connectivity index (χ1v) is 7.09. The molecule has 1 aromatic rings. The Labute approximate surface area is 126 Å². The van der Waals surface area contributed by atoms with Crippen LogP contribution in [0.25, 0.3) is 0 Å². The number of anilines is 1. The van der Waals surface area contributed by atoms with E-state index >= 15 is 0 Å². The van der Waals surface area contributed by atoms with Crippen molar-refractivity contribution in [3.63, 3.8) is 0 Å². The number of carboxylic acid groups (broad SMARTS) is 1. The molecule has 3 N–H and O–H groups in total. The maximum absolute atomic E-state index is 12.9. The molecule has 1 aliphatic rings. The molecule has 1 saturated carbocycles. The fraction of sp³-hybridized carbons (Fsp3) is 0.429. The van der Waals surface area contributed by atoms with Crippen molar-refractivity contribution in [2.75, 3.05) is 5.32 Å². The van der Waals surface area contributed by atoms with Gasteiger partial charge in [-0.05, 0) is 43.9 Å². The van der Waals surface area contributed by atoms with E-state index in [9.17, 15) is 14.0 Å². The average molecular weight is 315 g/mol. The van der Waals surface area contributed by atoms with E-state index in [4.69, 9.17) is 16.7 Å². The van der Waals surface area contributed by atoms with Crippen molar-refractivity contribution in [2.45, 2.75) is 31.7 Å². The van der Waals surface area contributed by atoms with Crippen LogP contribution in [-0.2, 0) is 4.79 Å². The second-order valence-corrected chi connectivity index (χ2v) is 5.52. The van der Waals surface area contributed by atoms with Gasteiger partial charge in [0, 0.05) is 12.0 Å². The van der Waals surface area contributed by atoms with Crippen LogP contribution >= 0.6 is 11.6 Å². The van der Waals surface area contributed by atoms with Gasteiger partial charge in [-0.25, -0.2) is 9.18 Å². The molecule has 0 heterocycles. The summed E-state index contributed by atoms with van der Waals surface area (Å²) in [5, 5.41) is 13.9. The third-order valence-corrected chi connectivity index (χ3v) is 3.93. The number of benzene rings is 1. The Balaban J connectivity index is 1.89. The number of hydrogen-bond donors (Lipinski definition) is 3. The number of carbonyl (C=O) groups is 2. The number of carbonyl (C=O) groups excluding carboxylic acids is 1. The van der Waals surface area contributed by atoms with Crippen LogP contribution < -0.4 is 10.6 Å². The molecule has 0 unspecified atom stereocenters. The van der Waals surface area contributed by atoms with Crippen molar-refractivity contribution in [1.82, 2.24) is 5.32 Å². The smallest absolute Gasteiger partial charge is 0.404 e. The molecule has 0 atom stereocenters. The number of hydrogen-bond acceptors (Lipinski definition) is 2. The van der Waals surface area contributed by atoms with E-state index in [2.05, 4.69) is 10.6 Å². The molecule has 0 bridgehead atoms. The predicted molar refractivity (Wildman–Crippen MR) is 76.9 cm³/mol. The van der Waals surface area contributed by atoms with Gasteiger partial charge < -0.3 is 15.7 Å². The molecule has 1 aromatic carbocycles. The maximum atomic E-state index is 12.9. The first-order valence-electron chi connectivity index (χ1n) is 6.71. The average Bonchev–Trinajstić information content (AvgIpc) is 2.42.